The van der Waals surface area contributed by atoms with Gasteiger partial charge in [0.25, 0.3) is 0 Å². The molecule has 0 heterocycles. The van der Waals surface area contributed by atoms with Crippen molar-refractivity contribution in [3.8, 4) is 5.75 Å². The molecule has 1 saturated carbocycles. The highest BCUT2D eigenvalue weighted by Gasteiger charge is 2.26. The predicted octanol–water partition coefficient (Wildman–Crippen LogP) is 2.71. The lowest BCUT2D eigenvalue weighted by atomic mass is 10.0. The van der Waals surface area contributed by atoms with Crippen molar-refractivity contribution in [2.75, 3.05) is 13.2 Å². The molecule has 4 heteroatoms. The second-order valence-electron chi connectivity index (χ2n) is 6.30. The molecule has 2 rings (SSSR count). The minimum absolute atomic E-state index is 0.119. The maximum absolute atomic E-state index is 12.0. The predicted molar refractivity (Wildman–Crippen MR) is 89.0 cm³/mol. The van der Waals surface area contributed by atoms with Crippen molar-refractivity contribution >= 4 is 5.91 Å². The molecule has 1 aromatic rings. The van der Waals surface area contributed by atoms with Crippen LogP contribution < -0.4 is 15.8 Å². The Hall–Kier alpha value is -1.55. The van der Waals surface area contributed by atoms with E-state index in [2.05, 4.69) is 25.2 Å². The lowest BCUT2D eigenvalue weighted by molar-refractivity contribution is -0.122. The van der Waals surface area contributed by atoms with Crippen molar-refractivity contribution in [2.24, 2.45) is 11.7 Å². The zero-order valence-corrected chi connectivity index (χ0v) is 13.7. The Morgan fingerprint density at radius 3 is 2.86 bits per heavy atom. The number of hydrogen-bond acceptors (Lipinski definition) is 3. The number of rotatable bonds is 7. The van der Waals surface area contributed by atoms with Gasteiger partial charge >= 0.3 is 0 Å². The molecule has 2 unspecified atom stereocenters. The van der Waals surface area contributed by atoms with Crippen molar-refractivity contribution in [1.82, 2.24) is 5.32 Å². The van der Waals surface area contributed by atoms with Crippen LogP contribution in [0.4, 0.5) is 0 Å². The Balaban J connectivity index is 1.65. The Bertz CT molecular complexity index is 502. The molecule has 0 aliphatic heterocycles. The summed E-state index contributed by atoms with van der Waals surface area (Å²) in [5, 5.41) is 3.12. The van der Waals surface area contributed by atoms with Crippen LogP contribution in [0.3, 0.4) is 0 Å². The third kappa shape index (κ3) is 4.73. The number of nitrogens with one attached hydrogen (secondary N) is 1. The fraction of sp³-hybridized carbons (Fsp3) is 0.611. The van der Waals surface area contributed by atoms with E-state index in [0.717, 1.165) is 25.0 Å². The molecule has 2 atom stereocenters. The first-order chi connectivity index (χ1) is 10.6. The molecular weight excluding hydrogens is 276 g/mol. The number of amides is 1. The van der Waals surface area contributed by atoms with Crippen molar-refractivity contribution in [2.45, 2.75) is 52.0 Å². The average Bonchev–Trinajstić information content (AvgIpc) is 2.94. The van der Waals surface area contributed by atoms with Gasteiger partial charge in [0.15, 0.2) is 0 Å². The van der Waals surface area contributed by atoms with Crippen molar-refractivity contribution in [1.29, 1.82) is 0 Å². The Morgan fingerprint density at radius 2 is 2.14 bits per heavy atom. The van der Waals surface area contributed by atoms with Gasteiger partial charge in [-0.25, -0.2) is 0 Å². The van der Waals surface area contributed by atoms with Crippen LogP contribution >= 0.6 is 0 Å². The van der Waals surface area contributed by atoms with Crippen LogP contribution in [0.5, 0.6) is 5.75 Å². The SMILES string of the molecule is Cc1ccc(OCCCC(=O)NC2CCCC2CN)cc1C. The molecule has 22 heavy (non-hydrogen) atoms. The van der Waals surface area contributed by atoms with E-state index in [1.807, 2.05) is 12.1 Å². The van der Waals surface area contributed by atoms with E-state index in [0.29, 0.717) is 25.5 Å². The molecule has 3 N–H and O–H groups in total. The molecule has 0 bridgehead atoms. The number of benzene rings is 1. The lowest BCUT2D eigenvalue weighted by Gasteiger charge is -2.19. The number of carbonyl (C=O) groups is 1. The van der Waals surface area contributed by atoms with E-state index in [4.69, 9.17) is 10.5 Å². The van der Waals surface area contributed by atoms with Crippen molar-refractivity contribution in [3.05, 3.63) is 29.3 Å². The number of carbonyl (C=O) groups excluding carboxylic acids is 1. The van der Waals surface area contributed by atoms with Gasteiger partial charge in [0.05, 0.1) is 6.61 Å². The third-order valence-electron chi connectivity index (χ3n) is 4.60. The fourth-order valence-electron chi connectivity index (χ4n) is 3.01. The minimum atomic E-state index is 0.119. The second-order valence-corrected chi connectivity index (χ2v) is 6.30. The third-order valence-corrected chi connectivity index (χ3v) is 4.60. The summed E-state index contributed by atoms with van der Waals surface area (Å²) < 4.78 is 5.70. The Labute approximate surface area is 133 Å². The van der Waals surface area contributed by atoms with Crippen LogP contribution in [0.2, 0.25) is 0 Å². The largest absolute Gasteiger partial charge is 0.494 e. The minimum Gasteiger partial charge on any atom is -0.494 e. The second kappa shape index (κ2) is 8.18. The highest BCUT2D eigenvalue weighted by atomic mass is 16.5. The maximum atomic E-state index is 12.0. The number of aryl methyl sites for hydroxylation is 2. The molecule has 0 saturated heterocycles. The van der Waals surface area contributed by atoms with Crippen molar-refractivity contribution in [3.63, 3.8) is 0 Å². The van der Waals surface area contributed by atoms with Gasteiger partial charge in [0, 0.05) is 12.5 Å². The Kier molecular flexibility index (Phi) is 6.25. The smallest absolute Gasteiger partial charge is 0.220 e. The summed E-state index contributed by atoms with van der Waals surface area (Å²) in [5.41, 5.74) is 8.23. The first-order valence-corrected chi connectivity index (χ1v) is 8.29. The van der Waals surface area contributed by atoms with Gasteiger partial charge in [0.2, 0.25) is 5.91 Å². The zero-order chi connectivity index (χ0) is 15.9. The van der Waals surface area contributed by atoms with Crippen LogP contribution in [0, 0.1) is 19.8 Å². The van der Waals surface area contributed by atoms with Gasteiger partial charge in [-0.2, -0.15) is 0 Å². The van der Waals surface area contributed by atoms with Crippen molar-refractivity contribution < 1.29 is 9.53 Å². The summed E-state index contributed by atoms with van der Waals surface area (Å²) >= 11 is 0. The molecule has 0 aromatic heterocycles. The zero-order valence-electron chi connectivity index (χ0n) is 13.7. The summed E-state index contributed by atoms with van der Waals surface area (Å²) in [7, 11) is 0. The highest BCUT2D eigenvalue weighted by Crippen LogP contribution is 2.24. The lowest BCUT2D eigenvalue weighted by Crippen LogP contribution is -2.39. The molecule has 1 aliphatic carbocycles. The molecular formula is C18H28N2O2. The van der Waals surface area contributed by atoms with Crippen LogP contribution in [-0.2, 0) is 4.79 Å². The van der Waals surface area contributed by atoms with Gasteiger partial charge in [-0.3, -0.25) is 4.79 Å². The number of ether oxygens (including phenoxy) is 1. The summed E-state index contributed by atoms with van der Waals surface area (Å²) in [6, 6.07) is 6.36. The normalized spacial score (nSPS) is 20.9. The van der Waals surface area contributed by atoms with Crippen LogP contribution in [0.1, 0.15) is 43.2 Å². The standard InChI is InChI=1S/C18H28N2O2/c1-13-8-9-16(11-14(13)2)22-10-4-7-18(21)20-17-6-3-5-15(17)12-19/h8-9,11,15,17H,3-7,10,12,19H2,1-2H3,(H,20,21). The highest BCUT2D eigenvalue weighted by molar-refractivity contribution is 5.76. The summed E-state index contributed by atoms with van der Waals surface area (Å²) in [5.74, 6) is 1.45. The van der Waals surface area contributed by atoms with Gasteiger partial charge in [-0.05, 0) is 68.8 Å². The molecule has 0 radical (unpaired) electrons. The van der Waals surface area contributed by atoms with E-state index >= 15 is 0 Å². The molecule has 1 aromatic carbocycles. The average molecular weight is 304 g/mol. The number of hydrogen-bond donors (Lipinski definition) is 2. The monoisotopic (exact) mass is 304 g/mol. The maximum Gasteiger partial charge on any atom is 0.220 e. The first-order valence-electron chi connectivity index (χ1n) is 8.29. The van der Waals surface area contributed by atoms with Gasteiger partial charge < -0.3 is 15.8 Å². The van der Waals surface area contributed by atoms with Crippen LogP contribution in [0.15, 0.2) is 18.2 Å². The molecule has 1 aliphatic rings. The topological polar surface area (TPSA) is 64.3 Å². The fourth-order valence-corrected chi connectivity index (χ4v) is 3.01. The van der Waals surface area contributed by atoms with E-state index in [9.17, 15) is 4.79 Å². The molecule has 122 valence electrons. The van der Waals surface area contributed by atoms with Crippen LogP contribution in [0.25, 0.3) is 0 Å². The van der Waals surface area contributed by atoms with Gasteiger partial charge in [-0.1, -0.05) is 12.5 Å². The van der Waals surface area contributed by atoms with Gasteiger partial charge in [0.1, 0.15) is 5.75 Å². The summed E-state index contributed by atoms with van der Waals surface area (Å²) in [6.07, 6.45) is 4.62. The van der Waals surface area contributed by atoms with Crippen LogP contribution in [-0.4, -0.2) is 25.1 Å². The van der Waals surface area contributed by atoms with E-state index < -0.39 is 0 Å². The Morgan fingerprint density at radius 1 is 1.32 bits per heavy atom. The van der Waals surface area contributed by atoms with Gasteiger partial charge in [-0.15, -0.1) is 0 Å². The first kappa shape index (κ1) is 16.8. The number of nitrogens with two attached hydrogens (primary N) is 1. The summed E-state index contributed by atoms with van der Waals surface area (Å²) in [4.78, 5) is 12.0. The molecule has 0 spiro atoms. The molecule has 4 nitrogen and oxygen atoms in total. The molecule has 1 amide bonds. The summed E-state index contributed by atoms with van der Waals surface area (Å²) in [6.45, 7) is 5.40. The van der Waals surface area contributed by atoms with E-state index in [1.165, 1.54) is 17.5 Å². The van der Waals surface area contributed by atoms with E-state index in [1.54, 1.807) is 0 Å². The quantitative estimate of drug-likeness (QED) is 0.761. The van der Waals surface area contributed by atoms with E-state index in [-0.39, 0.29) is 11.9 Å². The molecule has 1 fully saturated rings.